The van der Waals surface area contributed by atoms with Crippen molar-refractivity contribution in [2.24, 2.45) is 0 Å². The quantitative estimate of drug-likeness (QED) is 0.624. The number of carboxylic acid groups (broad SMARTS) is 1. The lowest BCUT2D eigenvalue weighted by atomic mass is 10.0. The molecule has 0 aliphatic carbocycles. The highest BCUT2D eigenvalue weighted by atomic mass is 16.5. The van der Waals surface area contributed by atoms with E-state index in [2.05, 4.69) is 4.74 Å². The lowest BCUT2D eigenvalue weighted by Gasteiger charge is -2.03. The van der Waals surface area contributed by atoms with E-state index in [-0.39, 0.29) is 0 Å². The summed E-state index contributed by atoms with van der Waals surface area (Å²) in [5.74, 6) is -1.46. The van der Waals surface area contributed by atoms with Gasteiger partial charge in [0, 0.05) is 6.08 Å². The second kappa shape index (κ2) is 5.11. The summed E-state index contributed by atoms with van der Waals surface area (Å²) in [5.41, 5.74) is 1.98. The molecule has 0 aromatic heterocycles. The van der Waals surface area contributed by atoms with Crippen LogP contribution < -0.4 is 0 Å². The van der Waals surface area contributed by atoms with Crippen LogP contribution in [-0.4, -0.2) is 24.2 Å². The largest absolute Gasteiger partial charge is 0.478 e. The normalized spacial score (nSPS) is 10.4. The predicted molar refractivity (Wildman–Crippen MR) is 59.2 cm³/mol. The van der Waals surface area contributed by atoms with Crippen LogP contribution in [0.1, 0.15) is 21.5 Å². The molecule has 1 aromatic carbocycles. The fourth-order valence-electron chi connectivity index (χ4n) is 1.23. The van der Waals surface area contributed by atoms with Gasteiger partial charge in [0.2, 0.25) is 0 Å². The standard InChI is InChI=1S/C12H12O4/c1-8-3-4-10(12(15)16-2)7-9(8)5-6-11(13)14/h3-7H,1-2H3,(H,13,14). The summed E-state index contributed by atoms with van der Waals surface area (Å²) in [7, 11) is 1.30. The molecule has 0 spiro atoms. The molecule has 1 aromatic rings. The molecule has 0 unspecified atom stereocenters. The van der Waals surface area contributed by atoms with Gasteiger partial charge in [-0.15, -0.1) is 0 Å². The van der Waals surface area contributed by atoms with Crippen LogP contribution in [-0.2, 0) is 9.53 Å². The molecule has 4 nitrogen and oxygen atoms in total. The molecule has 84 valence electrons. The van der Waals surface area contributed by atoms with Crippen molar-refractivity contribution in [3.8, 4) is 0 Å². The van der Waals surface area contributed by atoms with E-state index in [1.54, 1.807) is 18.2 Å². The van der Waals surface area contributed by atoms with E-state index in [9.17, 15) is 9.59 Å². The number of carbonyl (C=O) groups is 2. The van der Waals surface area contributed by atoms with Crippen molar-refractivity contribution in [2.45, 2.75) is 6.92 Å². The Morgan fingerprint density at radius 2 is 2.06 bits per heavy atom. The molecule has 0 aliphatic heterocycles. The summed E-state index contributed by atoms with van der Waals surface area (Å²) < 4.78 is 4.58. The Bertz CT molecular complexity index is 446. The van der Waals surface area contributed by atoms with Crippen LogP contribution in [0, 0.1) is 6.92 Å². The lowest BCUT2D eigenvalue weighted by Crippen LogP contribution is -2.01. The van der Waals surface area contributed by atoms with Gasteiger partial charge in [-0.05, 0) is 36.3 Å². The molecule has 0 bridgehead atoms. The Morgan fingerprint density at radius 3 is 2.62 bits per heavy atom. The van der Waals surface area contributed by atoms with Crippen LogP contribution in [0.25, 0.3) is 6.08 Å². The van der Waals surface area contributed by atoms with E-state index in [1.165, 1.54) is 13.2 Å². The van der Waals surface area contributed by atoms with E-state index in [1.807, 2.05) is 6.92 Å². The third-order valence-electron chi connectivity index (χ3n) is 2.11. The Labute approximate surface area is 93.2 Å². The molecule has 0 saturated carbocycles. The maximum atomic E-state index is 11.3. The number of hydrogen-bond acceptors (Lipinski definition) is 3. The Kier molecular flexibility index (Phi) is 3.83. The van der Waals surface area contributed by atoms with Crippen LogP contribution in [0.15, 0.2) is 24.3 Å². The average Bonchev–Trinajstić information content (AvgIpc) is 2.26. The molecule has 0 aliphatic rings. The van der Waals surface area contributed by atoms with Gasteiger partial charge in [-0.3, -0.25) is 0 Å². The molecule has 1 N–H and O–H groups in total. The molecule has 0 radical (unpaired) electrons. The first-order chi connectivity index (χ1) is 7.54. The number of hydrogen-bond donors (Lipinski definition) is 1. The van der Waals surface area contributed by atoms with Crippen LogP contribution in [0.4, 0.5) is 0 Å². The number of rotatable bonds is 3. The third-order valence-corrected chi connectivity index (χ3v) is 2.11. The summed E-state index contributed by atoms with van der Waals surface area (Å²) in [5, 5.41) is 8.51. The fourth-order valence-corrected chi connectivity index (χ4v) is 1.23. The molecule has 0 heterocycles. The van der Waals surface area contributed by atoms with Gasteiger partial charge in [0.15, 0.2) is 0 Å². The molecule has 0 atom stereocenters. The second-order valence-corrected chi connectivity index (χ2v) is 3.23. The number of esters is 1. The predicted octanol–water partition coefficient (Wildman–Crippen LogP) is 1.88. The number of carbonyl (C=O) groups excluding carboxylic acids is 1. The van der Waals surface area contributed by atoms with Crippen LogP contribution in [0.3, 0.4) is 0 Å². The molecule has 4 heteroatoms. The number of aliphatic carboxylic acids is 1. The Morgan fingerprint density at radius 1 is 1.38 bits per heavy atom. The highest BCUT2D eigenvalue weighted by Crippen LogP contribution is 2.13. The monoisotopic (exact) mass is 220 g/mol. The summed E-state index contributed by atoms with van der Waals surface area (Å²) in [4.78, 5) is 21.6. The Hall–Kier alpha value is -2.10. The topological polar surface area (TPSA) is 63.6 Å². The van der Waals surface area contributed by atoms with Crippen LogP contribution in [0.2, 0.25) is 0 Å². The van der Waals surface area contributed by atoms with Gasteiger partial charge >= 0.3 is 11.9 Å². The number of carboxylic acids is 1. The third kappa shape index (κ3) is 2.95. The van der Waals surface area contributed by atoms with E-state index < -0.39 is 11.9 Å². The zero-order valence-corrected chi connectivity index (χ0v) is 9.06. The van der Waals surface area contributed by atoms with Gasteiger partial charge in [0.05, 0.1) is 12.7 Å². The second-order valence-electron chi connectivity index (χ2n) is 3.23. The first-order valence-electron chi connectivity index (χ1n) is 4.64. The van der Waals surface area contributed by atoms with E-state index in [4.69, 9.17) is 5.11 Å². The van der Waals surface area contributed by atoms with Gasteiger partial charge in [0.25, 0.3) is 0 Å². The van der Waals surface area contributed by atoms with Crippen molar-refractivity contribution in [2.75, 3.05) is 7.11 Å². The van der Waals surface area contributed by atoms with Crippen molar-refractivity contribution in [1.82, 2.24) is 0 Å². The van der Waals surface area contributed by atoms with Gasteiger partial charge in [-0.25, -0.2) is 9.59 Å². The minimum atomic E-state index is -1.03. The molecular formula is C12H12O4. The summed E-state index contributed by atoms with van der Waals surface area (Å²) in [6.45, 7) is 1.84. The van der Waals surface area contributed by atoms with E-state index in [0.717, 1.165) is 11.6 Å². The minimum absolute atomic E-state index is 0.401. The summed E-state index contributed by atoms with van der Waals surface area (Å²) in [6, 6.07) is 4.98. The van der Waals surface area contributed by atoms with Gasteiger partial charge < -0.3 is 9.84 Å². The molecule has 16 heavy (non-hydrogen) atoms. The van der Waals surface area contributed by atoms with Crippen molar-refractivity contribution >= 4 is 18.0 Å². The maximum absolute atomic E-state index is 11.3. The molecule has 0 amide bonds. The van der Waals surface area contributed by atoms with Crippen molar-refractivity contribution in [3.05, 3.63) is 41.0 Å². The summed E-state index contributed by atoms with van der Waals surface area (Å²) in [6.07, 6.45) is 2.48. The smallest absolute Gasteiger partial charge is 0.337 e. The van der Waals surface area contributed by atoms with Gasteiger partial charge in [0.1, 0.15) is 0 Å². The fraction of sp³-hybridized carbons (Fsp3) is 0.167. The zero-order valence-electron chi connectivity index (χ0n) is 9.06. The van der Waals surface area contributed by atoms with Gasteiger partial charge in [-0.2, -0.15) is 0 Å². The molecule has 0 saturated heterocycles. The van der Waals surface area contributed by atoms with Crippen LogP contribution >= 0.6 is 0 Å². The van der Waals surface area contributed by atoms with E-state index in [0.29, 0.717) is 11.1 Å². The van der Waals surface area contributed by atoms with Gasteiger partial charge in [-0.1, -0.05) is 6.07 Å². The van der Waals surface area contributed by atoms with Crippen molar-refractivity contribution in [3.63, 3.8) is 0 Å². The first kappa shape index (κ1) is 12.0. The SMILES string of the molecule is COC(=O)c1ccc(C)c(C=CC(=O)O)c1. The highest BCUT2D eigenvalue weighted by Gasteiger charge is 2.06. The summed E-state index contributed by atoms with van der Waals surface area (Å²) >= 11 is 0. The van der Waals surface area contributed by atoms with Crippen molar-refractivity contribution in [1.29, 1.82) is 0 Å². The van der Waals surface area contributed by atoms with Crippen LogP contribution in [0.5, 0.6) is 0 Å². The zero-order chi connectivity index (χ0) is 12.1. The number of aryl methyl sites for hydroxylation is 1. The molecular weight excluding hydrogens is 208 g/mol. The lowest BCUT2D eigenvalue weighted by molar-refractivity contribution is -0.131. The number of benzene rings is 1. The van der Waals surface area contributed by atoms with Crippen molar-refractivity contribution < 1.29 is 19.4 Å². The first-order valence-corrected chi connectivity index (χ1v) is 4.64. The average molecular weight is 220 g/mol. The molecule has 0 fully saturated rings. The number of ether oxygens (including phenoxy) is 1. The highest BCUT2D eigenvalue weighted by molar-refractivity contribution is 5.91. The maximum Gasteiger partial charge on any atom is 0.337 e. The van der Waals surface area contributed by atoms with E-state index >= 15 is 0 Å². The minimum Gasteiger partial charge on any atom is -0.478 e. The number of methoxy groups -OCH3 is 1. The Balaban J connectivity index is 3.08. The molecule has 1 rings (SSSR count).